The second-order valence-electron chi connectivity index (χ2n) is 7.77. The molecule has 7 heteroatoms. The zero-order valence-corrected chi connectivity index (χ0v) is 18.4. The van der Waals surface area contributed by atoms with Crippen LogP contribution in [0.1, 0.15) is 34.5 Å². The van der Waals surface area contributed by atoms with Gasteiger partial charge in [0.25, 0.3) is 5.91 Å². The summed E-state index contributed by atoms with van der Waals surface area (Å²) < 4.78 is 5.18. The molecule has 2 N–H and O–H groups in total. The van der Waals surface area contributed by atoms with Crippen LogP contribution in [0.2, 0.25) is 0 Å². The molecule has 2 heterocycles. The van der Waals surface area contributed by atoms with Gasteiger partial charge in [0.1, 0.15) is 16.5 Å². The van der Waals surface area contributed by atoms with E-state index in [4.69, 9.17) is 4.74 Å². The van der Waals surface area contributed by atoms with Crippen molar-refractivity contribution < 1.29 is 14.6 Å². The number of rotatable bonds is 7. The summed E-state index contributed by atoms with van der Waals surface area (Å²) in [5.74, 6) is 0.617. The summed E-state index contributed by atoms with van der Waals surface area (Å²) in [6.45, 7) is 3.23. The molecule has 162 valence electrons. The van der Waals surface area contributed by atoms with E-state index in [1.165, 1.54) is 16.9 Å². The third-order valence-electron chi connectivity index (χ3n) is 5.51. The number of nitrogens with one attached hydrogen (secondary N) is 1. The van der Waals surface area contributed by atoms with Crippen LogP contribution >= 0.6 is 11.3 Å². The normalized spacial score (nSPS) is 15.0. The lowest BCUT2D eigenvalue weighted by atomic mass is 10.1. The molecule has 2 aromatic carbocycles. The fourth-order valence-corrected chi connectivity index (χ4v) is 4.42. The van der Waals surface area contributed by atoms with Crippen molar-refractivity contribution in [2.45, 2.75) is 32.0 Å². The fourth-order valence-electron chi connectivity index (χ4n) is 3.62. The van der Waals surface area contributed by atoms with Crippen LogP contribution in [0.3, 0.4) is 0 Å². The van der Waals surface area contributed by atoms with E-state index < -0.39 is 0 Å². The van der Waals surface area contributed by atoms with Gasteiger partial charge in [0.15, 0.2) is 0 Å². The summed E-state index contributed by atoms with van der Waals surface area (Å²) in [4.78, 5) is 19.3. The zero-order chi connectivity index (χ0) is 21.6. The van der Waals surface area contributed by atoms with E-state index in [9.17, 15) is 9.90 Å². The maximum Gasteiger partial charge on any atom is 0.271 e. The van der Waals surface area contributed by atoms with E-state index in [2.05, 4.69) is 39.5 Å². The molecule has 1 aromatic heterocycles. The Kier molecular flexibility index (Phi) is 6.96. The second kappa shape index (κ2) is 10.0. The monoisotopic (exact) mass is 437 g/mol. The Bertz CT molecular complexity index is 994. The third kappa shape index (κ3) is 5.70. The van der Waals surface area contributed by atoms with Gasteiger partial charge in [-0.3, -0.25) is 9.69 Å². The van der Waals surface area contributed by atoms with Gasteiger partial charge in [0.05, 0.1) is 13.2 Å². The van der Waals surface area contributed by atoms with Crippen LogP contribution in [-0.2, 0) is 13.1 Å². The first-order valence-electron chi connectivity index (χ1n) is 10.5. The molecule has 1 amide bonds. The number of hydrogen-bond acceptors (Lipinski definition) is 6. The smallest absolute Gasteiger partial charge is 0.271 e. The van der Waals surface area contributed by atoms with Crippen molar-refractivity contribution in [3.63, 3.8) is 0 Å². The molecule has 3 aromatic rings. The summed E-state index contributed by atoms with van der Waals surface area (Å²) in [5, 5.41) is 15.2. The zero-order valence-electron chi connectivity index (χ0n) is 17.6. The van der Waals surface area contributed by atoms with Gasteiger partial charge in [0, 0.05) is 37.1 Å². The highest BCUT2D eigenvalue weighted by Gasteiger charge is 2.17. The number of nitrogens with zero attached hydrogens (tertiary/aromatic N) is 2. The fraction of sp³-hybridized carbons (Fsp3) is 0.333. The number of carbonyl (C=O) groups excluding carboxylic acids is 1. The lowest BCUT2D eigenvalue weighted by Crippen LogP contribution is -2.35. The van der Waals surface area contributed by atoms with Crippen molar-refractivity contribution >= 4 is 17.2 Å². The van der Waals surface area contributed by atoms with E-state index in [0.29, 0.717) is 12.2 Å². The van der Waals surface area contributed by atoms with Gasteiger partial charge in [-0.2, -0.15) is 0 Å². The molecule has 0 spiro atoms. The van der Waals surface area contributed by atoms with Gasteiger partial charge in [-0.05, 0) is 48.2 Å². The third-order valence-corrected chi connectivity index (χ3v) is 6.40. The number of carbonyl (C=O) groups is 1. The Morgan fingerprint density at radius 3 is 2.48 bits per heavy atom. The molecule has 0 aliphatic carbocycles. The van der Waals surface area contributed by atoms with E-state index in [0.717, 1.165) is 54.4 Å². The molecule has 0 atom stereocenters. The van der Waals surface area contributed by atoms with Crippen LogP contribution in [-0.4, -0.2) is 47.2 Å². The summed E-state index contributed by atoms with van der Waals surface area (Å²) in [6.07, 6.45) is 1.55. The van der Waals surface area contributed by atoms with Gasteiger partial charge in [-0.25, -0.2) is 4.98 Å². The summed E-state index contributed by atoms with van der Waals surface area (Å²) in [6, 6.07) is 16.0. The Morgan fingerprint density at radius 2 is 1.81 bits per heavy atom. The molecule has 0 radical (unpaired) electrons. The number of hydrogen-bond donors (Lipinski definition) is 2. The lowest BCUT2D eigenvalue weighted by Gasteiger charge is -2.29. The van der Waals surface area contributed by atoms with Gasteiger partial charge in [-0.1, -0.05) is 24.3 Å². The molecule has 6 nitrogen and oxygen atoms in total. The minimum Gasteiger partial charge on any atom is -0.497 e. The summed E-state index contributed by atoms with van der Waals surface area (Å²) >= 11 is 1.45. The Hall–Kier alpha value is -2.74. The molecule has 4 rings (SSSR count). The van der Waals surface area contributed by atoms with Crippen molar-refractivity contribution in [1.82, 2.24) is 15.2 Å². The maximum atomic E-state index is 12.5. The number of thiazole rings is 1. The molecule has 0 saturated carbocycles. The van der Waals surface area contributed by atoms with E-state index in [1.54, 1.807) is 12.5 Å². The minimum absolute atomic E-state index is 0.146. The number of aliphatic hydroxyl groups is 1. The largest absolute Gasteiger partial charge is 0.497 e. The minimum atomic E-state index is -0.174. The number of likely N-dealkylation sites (tertiary alicyclic amines) is 1. The SMILES string of the molecule is COc1ccc(-c2nc(C(=O)NCc3ccc(CN4CCC(O)CC4)cc3)cs2)cc1. The highest BCUT2D eigenvalue weighted by molar-refractivity contribution is 7.13. The highest BCUT2D eigenvalue weighted by atomic mass is 32.1. The van der Waals surface area contributed by atoms with Crippen LogP contribution in [0.4, 0.5) is 0 Å². The van der Waals surface area contributed by atoms with Crippen molar-refractivity contribution in [2.75, 3.05) is 20.2 Å². The molecule has 0 unspecified atom stereocenters. The first kappa shape index (κ1) is 21.5. The molecule has 31 heavy (non-hydrogen) atoms. The van der Waals surface area contributed by atoms with E-state index in [-0.39, 0.29) is 12.0 Å². The number of benzene rings is 2. The predicted octanol–water partition coefficient (Wildman–Crippen LogP) is 3.71. The maximum absolute atomic E-state index is 12.5. The van der Waals surface area contributed by atoms with Gasteiger partial charge in [0.2, 0.25) is 0 Å². The van der Waals surface area contributed by atoms with Crippen LogP contribution < -0.4 is 10.1 Å². The highest BCUT2D eigenvalue weighted by Crippen LogP contribution is 2.25. The number of ether oxygens (including phenoxy) is 1. The Balaban J connectivity index is 1.29. The average molecular weight is 438 g/mol. The predicted molar refractivity (Wildman–Crippen MR) is 122 cm³/mol. The quantitative estimate of drug-likeness (QED) is 0.590. The van der Waals surface area contributed by atoms with E-state index >= 15 is 0 Å². The van der Waals surface area contributed by atoms with Crippen LogP contribution in [0.15, 0.2) is 53.9 Å². The van der Waals surface area contributed by atoms with Crippen LogP contribution in [0, 0.1) is 0 Å². The molecular weight excluding hydrogens is 410 g/mol. The van der Waals surface area contributed by atoms with Crippen LogP contribution in [0.25, 0.3) is 10.6 Å². The first-order chi connectivity index (χ1) is 15.1. The van der Waals surface area contributed by atoms with Crippen molar-refractivity contribution in [1.29, 1.82) is 0 Å². The van der Waals surface area contributed by atoms with Gasteiger partial charge in [-0.15, -0.1) is 11.3 Å². The molecule has 0 bridgehead atoms. The lowest BCUT2D eigenvalue weighted by molar-refractivity contribution is 0.0792. The van der Waals surface area contributed by atoms with Gasteiger partial charge < -0.3 is 15.2 Å². The van der Waals surface area contributed by atoms with Crippen molar-refractivity contribution in [2.24, 2.45) is 0 Å². The summed E-state index contributed by atoms with van der Waals surface area (Å²) in [5.41, 5.74) is 3.69. The standard InChI is InChI=1S/C24H27N3O3S/c1-30-21-8-6-19(7-9-21)24-26-22(16-31-24)23(29)25-14-17-2-4-18(5-3-17)15-27-12-10-20(28)11-13-27/h2-9,16,20,28H,10-15H2,1H3,(H,25,29). The number of methoxy groups -OCH3 is 1. The van der Waals surface area contributed by atoms with Crippen LogP contribution in [0.5, 0.6) is 5.75 Å². The summed E-state index contributed by atoms with van der Waals surface area (Å²) in [7, 11) is 1.63. The Labute approximate surface area is 186 Å². The number of aromatic nitrogens is 1. The number of amides is 1. The van der Waals surface area contributed by atoms with E-state index in [1.807, 2.05) is 24.3 Å². The number of aliphatic hydroxyl groups excluding tert-OH is 1. The number of piperidine rings is 1. The average Bonchev–Trinajstić information content (AvgIpc) is 3.30. The van der Waals surface area contributed by atoms with Gasteiger partial charge >= 0.3 is 0 Å². The Morgan fingerprint density at radius 1 is 1.13 bits per heavy atom. The molecule has 1 aliphatic heterocycles. The molecular formula is C24H27N3O3S. The van der Waals surface area contributed by atoms with Crippen molar-refractivity contribution in [3.05, 3.63) is 70.7 Å². The molecule has 1 aliphatic rings. The topological polar surface area (TPSA) is 74.7 Å². The first-order valence-corrected chi connectivity index (χ1v) is 11.3. The van der Waals surface area contributed by atoms with Crippen molar-refractivity contribution in [3.8, 4) is 16.3 Å². The second-order valence-corrected chi connectivity index (χ2v) is 8.63. The molecule has 1 saturated heterocycles. The molecule has 1 fully saturated rings.